The van der Waals surface area contributed by atoms with Crippen LogP contribution in [0.1, 0.15) is 12.8 Å². The van der Waals surface area contributed by atoms with E-state index >= 15 is 0 Å². The number of carbonyl (C=O) groups is 1. The van der Waals surface area contributed by atoms with E-state index in [0.29, 0.717) is 6.67 Å². The molecule has 0 aliphatic carbocycles. The van der Waals surface area contributed by atoms with E-state index in [9.17, 15) is 4.79 Å². The number of nitrogens with zero attached hydrogens (tertiary/aromatic N) is 2. The molecular formula is C14H18ClN3O. The Morgan fingerprint density at radius 3 is 2.47 bits per heavy atom. The number of anilines is 1. The fourth-order valence-electron chi connectivity index (χ4n) is 3.16. The summed E-state index contributed by atoms with van der Waals surface area (Å²) < 4.78 is 0. The molecule has 4 nitrogen and oxygen atoms in total. The van der Waals surface area contributed by atoms with Crippen molar-refractivity contribution in [3.05, 3.63) is 29.3 Å². The molecule has 1 spiro atoms. The largest absolute Gasteiger partial charge is 0.339 e. The summed E-state index contributed by atoms with van der Waals surface area (Å²) in [4.78, 5) is 16.6. The summed E-state index contributed by atoms with van der Waals surface area (Å²) in [6.45, 7) is 2.44. The Morgan fingerprint density at radius 1 is 1.21 bits per heavy atom. The van der Waals surface area contributed by atoms with E-state index in [1.807, 2.05) is 36.2 Å². The van der Waals surface area contributed by atoms with Crippen molar-refractivity contribution in [2.45, 2.75) is 18.4 Å². The molecule has 0 atom stereocenters. The number of hydrogen-bond donors (Lipinski definition) is 1. The minimum absolute atomic E-state index is 0.240. The number of hydrogen-bond acceptors (Lipinski definition) is 3. The third-order valence-electron chi connectivity index (χ3n) is 4.18. The van der Waals surface area contributed by atoms with Crippen LogP contribution in [0.5, 0.6) is 0 Å². The standard InChI is InChI=1S/C14H18ClN3O/c1-17-10-18(12-4-2-11(15)3-5-12)14(13(17)19)6-8-16-9-7-14/h2-5,16H,6-10H2,1H3. The molecule has 0 bridgehead atoms. The number of piperidine rings is 1. The van der Waals surface area contributed by atoms with E-state index in [-0.39, 0.29) is 11.4 Å². The molecule has 0 radical (unpaired) electrons. The van der Waals surface area contributed by atoms with E-state index in [1.54, 1.807) is 0 Å². The fraction of sp³-hybridized carbons (Fsp3) is 0.500. The lowest BCUT2D eigenvalue weighted by Gasteiger charge is -2.40. The van der Waals surface area contributed by atoms with Gasteiger partial charge in [-0.05, 0) is 50.2 Å². The molecule has 1 amide bonds. The predicted molar refractivity (Wildman–Crippen MR) is 76.4 cm³/mol. The second-order valence-electron chi connectivity index (χ2n) is 5.33. The first-order chi connectivity index (χ1) is 9.13. The Labute approximate surface area is 118 Å². The summed E-state index contributed by atoms with van der Waals surface area (Å²) in [6, 6.07) is 7.76. The van der Waals surface area contributed by atoms with Crippen LogP contribution >= 0.6 is 11.6 Å². The number of carbonyl (C=O) groups excluding carboxylic acids is 1. The summed E-state index contributed by atoms with van der Waals surface area (Å²) >= 11 is 5.95. The summed E-state index contributed by atoms with van der Waals surface area (Å²) in [5.74, 6) is 0.240. The highest BCUT2D eigenvalue weighted by molar-refractivity contribution is 6.30. The zero-order valence-electron chi connectivity index (χ0n) is 11.0. The lowest BCUT2D eigenvalue weighted by Crippen LogP contribution is -2.55. The zero-order chi connectivity index (χ0) is 13.5. The summed E-state index contributed by atoms with van der Waals surface area (Å²) in [6.07, 6.45) is 1.72. The highest BCUT2D eigenvalue weighted by Crippen LogP contribution is 2.37. The van der Waals surface area contributed by atoms with Gasteiger partial charge in [-0.1, -0.05) is 11.6 Å². The molecule has 0 unspecified atom stereocenters. The molecule has 0 aromatic heterocycles. The van der Waals surface area contributed by atoms with Crippen molar-refractivity contribution < 1.29 is 4.79 Å². The van der Waals surface area contributed by atoms with E-state index in [4.69, 9.17) is 11.6 Å². The Balaban J connectivity index is 1.98. The molecule has 2 aliphatic rings. The van der Waals surface area contributed by atoms with Crippen molar-refractivity contribution in [3.8, 4) is 0 Å². The van der Waals surface area contributed by atoms with Crippen LogP contribution < -0.4 is 10.2 Å². The molecule has 2 heterocycles. The SMILES string of the molecule is CN1CN(c2ccc(Cl)cc2)C2(CCNCC2)C1=O. The summed E-state index contributed by atoms with van der Waals surface area (Å²) in [5.41, 5.74) is 0.706. The number of benzene rings is 1. The average Bonchev–Trinajstić information content (AvgIpc) is 2.66. The maximum absolute atomic E-state index is 12.6. The molecule has 19 heavy (non-hydrogen) atoms. The third-order valence-corrected chi connectivity index (χ3v) is 4.44. The van der Waals surface area contributed by atoms with Crippen LogP contribution in [0.25, 0.3) is 0 Å². The van der Waals surface area contributed by atoms with Crippen LogP contribution in [0.15, 0.2) is 24.3 Å². The molecule has 3 rings (SSSR count). The van der Waals surface area contributed by atoms with Crippen molar-refractivity contribution in [3.63, 3.8) is 0 Å². The van der Waals surface area contributed by atoms with Crippen LogP contribution in [0.3, 0.4) is 0 Å². The molecule has 5 heteroatoms. The lowest BCUT2D eigenvalue weighted by atomic mass is 9.86. The molecule has 0 saturated carbocycles. The molecule has 1 N–H and O–H groups in total. The lowest BCUT2D eigenvalue weighted by molar-refractivity contribution is -0.131. The highest BCUT2D eigenvalue weighted by Gasteiger charge is 2.51. The first-order valence-electron chi connectivity index (χ1n) is 6.63. The molecule has 1 aromatic rings. The number of rotatable bonds is 1. The van der Waals surface area contributed by atoms with Crippen molar-refractivity contribution in [2.24, 2.45) is 0 Å². The Hall–Kier alpha value is -1.26. The van der Waals surface area contributed by atoms with Gasteiger partial charge in [0, 0.05) is 17.8 Å². The van der Waals surface area contributed by atoms with E-state index in [2.05, 4.69) is 10.2 Å². The van der Waals surface area contributed by atoms with Crippen LogP contribution in [-0.4, -0.2) is 43.2 Å². The number of amides is 1. The monoisotopic (exact) mass is 279 g/mol. The normalized spacial score (nSPS) is 22.3. The van der Waals surface area contributed by atoms with Gasteiger partial charge in [-0.25, -0.2) is 0 Å². The van der Waals surface area contributed by atoms with Crippen LogP contribution in [0.4, 0.5) is 5.69 Å². The van der Waals surface area contributed by atoms with Gasteiger partial charge in [-0.3, -0.25) is 4.79 Å². The van der Waals surface area contributed by atoms with Gasteiger partial charge >= 0.3 is 0 Å². The molecule has 1 aromatic carbocycles. The fourth-order valence-corrected chi connectivity index (χ4v) is 3.28. The number of halogens is 1. The second-order valence-corrected chi connectivity index (χ2v) is 5.77. The van der Waals surface area contributed by atoms with Crippen LogP contribution in [0, 0.1) is 0 Å². The minimum Gasteiger partial charge on any atom is -0.339 e. The topological polar surface area (TPSA) is 35.6 Å². The Kier molecular flexibility index (Phi) is 3.15. The van der Waals surface area contributed by atoms with Crippen molar-refractivity contribution >= 4 is 23.2 Å². The first-order valence-corrected chi connectivity index (χ1v) is 7.01. The quantitative estimate of drug-likeness (QED) is 0.850. The molecule has 2 saturated heterocycles. The highest BCUT2D eigenvalue weighted by atomic mass is 35.5. The van der Waals surface area contributed by atoms with Crippen molar-refractivity contribution in [1.29, 1.82) is 0 Å². The minimum atomic E-state index is -0.367. The molecule has 2 aliphatic heterocycles. The van der Waals surface area contributed by atoms with Crippen LogP contribution in [-0.2, 0) is 4.79 Å². The van der Waals surface area contributed by atoms with Gasteiger partial charge in [-0.2, -0.15) is 0 Å². The maximum atomic E-state index is 12.6. The van der Waals surface area contributed by atoms with Gasteiger partial charge in [0.25, 0.3) is 0 Å². The molecule has 102 valence electrons. The molecule has 2 fully saturated rings. The van der Waals surface area contributed by atoms with E-state index in [1.165, 1.54) is 0 Å². The van der Waals surface area contributed by atoms with Gasteiger partial charge in [0.05, 0.1) is 6.67 Å². The third kappa shape index (κ3) is 1.99. The van der Waals surface area contributed by atoms with Gasteiger partial charge in [0.15, 0.2) is 0 Å². The Bertz CT molecular complexity index is 482. The van der Waals surface area contributed by atoms with Gasteiger partial charge in [-0.15, -0.1) is 0 Å². The van der Waals surface area contributed by atoms with Gasteiger partial charge < -0.3 is 15.1 Å². The molecular weight excluding hydrogens is 262 g/mol. The number of nitrogens with one attached hydrogen (secondary N) is 1. The van der Waals surface area contributed by atoms with E-state index in [0.717, 1.165) is 36.6 Å². The van der Waals surface area contributed by atoms with E-state index < -0.39 is 0 Å². The summed E-state index contributed by atoms with van der Waals surface area (Å²) in [7, 11) is 1.88. The predicted octanol–water partition coefficient (Wildman–Crippen LogP) is 1.70. The first kappa shape index (κ1) is 12.8. The summed E-state index contributed by atoms with van der Waals surface area (Å²) in [5, 5.41) is 4.06. The zero-order valence-corrected chi connectivity index (χ0v) is 11.8. The van der Waals surface area contributed by atoms with Crippen molar-refractivity contribution in [2.75, 3.05) is 31.7 Å². The van der Waals surface area contributed by atoms with Gasteiger partial charge in [0.2, 0.25) is 5.91 Å². The van der Waals surface area contributed by atoms with Crippen LogP contribution in [0.2, 0.25) is 5.02 Å². The van der Waals surface area contributed by atoms with Gasteiger partial charge in [0.1, 0.15) is 5.54 Å². The smallest absolute Gasteiger partial charge is 0.249 e. The average molecular weight is 280 g/mol. The van der Waals surface area contributed by atoms with Crippen molar-refractivity contribution in [1.82, 2.24) is 10.2 Å². The Morgan fingerprint density at radius 2 is 1.84 bits per heavy atom. The number of likely N-dealkylation sites (N-methyl/N-ethyl adjacent to an activating group) is 1. The maximum Gasteiger partial charge on any atom is 0.249 e. The second kappa shape index (κ2) is 4.69.